The Hall–Kier alpha value is -1.43. The number of rotatable bonds is 2. The van der Waals surface area contributed by atoms with E-state index in [9.17, 15) is 0 Å². The zero-order valence-corrected chi connectivity index (χ0v) is 13.0. The second-order valence-electron chi connectivity index (χ2n) is 4.05. The third-order valence-corrected chi connectivity index (χ3v) is 3.59. The second kappa shape index (κ2) is 5.52. The lowest BCUT2D eigenvalue weighted by Crippen LogP contribution is -1.98. The van der Waals surface area contributed by atoms with E-state index in [1.54, 1.807) is 0 Å². The van der Waals surface area contributed by atoms with Crippen molar-refractivity contribution in [2.24, 2.45) is 0 Å². The predicted octanol–water partition coefficient (Wildman–Crippen LogP) is 4.84. The number of nitrogens with one attached hydrogen (secondary N) is 1. The van der Waals surface area contributed by atoms with E-state index in [1.807, 2.05) is 30.3 Å². The minimum Gasteiger partial charge on any atom is -0.337 e. The third kappa shape index (κ3) is 2.85. The molecule has 0 atom stereocenters. The van der Waals surface area contributed by atoms with Gasteiger partial charge in [0.1, 0.15) is 0 Å². The lowest BCUT2D eigenvalue weighted by molar-refractivity contribution is 0.975. The van der Waals surface area contributed by atoms with Crippen molar-refractivity contribution in [1.82, 2.24) is 15.2 Å². The number of anilines is 2. The van der Waals surface area contributed by atoms with Gasteiger partial charge in [0.15, 0.2) is 11.0 Å². The molecule has 3 aromatic rings. The molecule has 0 amide bonds. The van der Waals surface area contributed by atoms with E-state index in [2.05, 4.69) is 42.5 Å². The van der Waals surface area contributed by atoms with Crippen molar-refractivity contribution >= 4 is 61.4 Å². The Kier molecular flexibility index (Phi) is 3.74. The Morgan fingerprint density at radius 3 is 2.55 bits per heavy atom. The van der Waals surface area contributed by atoms with Gasteiger partial charge >= 0.3 is 0 Å². The Morgan fingerprint density at radius 1 is 0.950 bits per heavy atom. The van der Waals surface area contributed by atoms with Crippen molar-refractivity contribution in [3.63, 3.8) is 0 Å². The molecule has 3 rings (SSSR count). The van der Waals surface area contributed by atoms with Crippen molar-refractivity contribution in [1.29, 1.82) is 0 Å². The molecule has 1 heterocycles. The van der Waals surface area contributed by atoms with Gasteiger partial charge in [0.25, 0.3) is 0 Å². The summed E-state index contributed by atoms with van der Waals surface area (Å²) in [4.78, 5) is 4.00. The molecule has 4 nitrogen and oxygen atoms in total. The summed E-state index contributed by atoms with van der Waals surface area (Å²) >= 11 is 15.1. The van der Waals surface area contributed by atoms with Gasteiger partial charge in [0, 0.05) is 10.2 Å². The van der Waals surface area contributed by atoms with Crippen molar-refractivity contribution in [3.05, 3.63) is 51.3 Å². The van der Waals surface area contributed by atoms with Gasteiger partial charge in [0.2, 0.25) is 5.28 Å². The summed E-state index contributed by atoms with van der Waals surface area (Å²) in [6, 6.07) is 12.0. The molecule has 0 saturated heterocycles. The average Bonchev–Trinajstić information content (AvgIpc) is 2.43. The molecule has 100 valence electrons. The van der Waals surface area contributed by atoms with Crippen LogP contribution in [-0.4, -0.2) is 15.2 Å². The Bertz CT molecular complexity index is 794. The van der Waals surface area contributed by atoms with E-state index in [4.69, 9.17) is 23.2 Å². The molecule has 1 N–H and O–H groups in total. The van der Waals surface area contributed by atoms with Gasteiger partial charge in [-0.15, -0.1) is 10.2 Å². The quantitative estimate of drug-likeness (QED) is 0.702. The summed E-state index contributed by atoms with van der Waals surface area (Å²) in [5.41, 5.74) is 0.846. The van der Waals surface area contributed by atoms with Crippen LogP contribution < -0.4 is 5.32 Å². The minimum atomic E-state index is 0.0432. The molecule has 7 heteroatoms. The zero-order chi connectivity index (χ0) is 14.1. The summed E-state index contributed by atoms with van der Waals surface area (Å²) in [5, 5.41) is 12.8. The molecule has 0 radical (unpaired) electrons. The highest BCUT2D eigenvalue weighted by Crippen LogP contribution is 2.26. The van der Waals surface area contributed by atoms with Gasteiger partial charge in [-0.3, -0.25) is 0 Å². The highest BCUT2D eigenvalue weighted by molar-refractivity contribution is 9.10. The van der Waals surface area contributed by atoms with Crippen LogP contribution in [0.2, 0.25) is 10.4 Å². The highest BCUT2D eigenvalue weighted by Gasteiger charge is 2.06. The van der Waals surface area contributed by atoms with E-state index in [1.165, 1.54) is 0 Å². The summed E-state index contributed by atoms with van der Waals surface area (Å²) in [7, 11) is 0. The van der Waals surface area contributed by atoms with Crippen LogP contribution in [0, 0.1) is 0 Å². The van der Waals surface area contributed by atoms with E-state index >= 15 is 0 Å². The first-order valence-electron chi connectivity index (χ1n) is 5.64. The maximum Gasteiger partial charge on any atom is 0.245 e. The lowest BCUT2D eigenvalue weighted by Gasteiger charge is -2.08. The first-order valence-corrected chi connectivity index (χ1v) is 7.19. The van der Waals surface area contributed by atoms with Crippen LogP contribution in [-0.2, 0) is 0 Å². The molecule has 0 fully saturated rings. The lowest BCUT2D eigenvalue weighted by atomic mass is 10.1. The topological polar surface area (TPSA) is 50.7 Å². The molecule has 0 spiro atoms. The van der Waals surface area contributed by atoms with Gasteiger partial charge in [-0.25, -0.2) is 0 Å². The standard InChI is InChI=1S/C13H7BrCl2N4/c14-9-3-1-8-6-10(4-2-7(8)5-9)17-12-11(15)19-20-13(16)18-12/h1-6H,(H,17,18,20). The molecule has 0 aliphatic rings. The third-order valence-electron chi connectivity index (χ3n) is 2.68. The molecule has 1 aromatic heterocycles. The zero-order valence-electron chi connectivity index (χ0n) is 9.94. The molecule has 0 aliphatic carbocycles. The number of nitrogens with zero attached hydrogens (tertiary/aromatic N) is 3. The minimum absolute atomic E-state index is 0.0432. The van der Waals surface area contributed by atoms with Crippen LogP contribution in [0.25, 0.3) is 10.8 Å². The Morgan fingerprint density at radius 2 is 1.70 bits per heavy atom. The highest BCUT2D eigenvalue weighted by atomic mass is 79.9. The maximum atomic E-state index is 5.92. The number of hydrogen-bond acceptors (Lipinski definition) is 4. The molecule has 20 heavy (non-hydrogen) atoms. The summed E-state index contributed by atoms with van der Waals surface area (Å²) in [6.07, 6.45) is 0. The molecule has 2 aromatic carbocycles. The van der Waals surface area contributed by atoms with E-state index in [0.717, 1.165) is 20.9 Å². The second-order valence-corrected chi connectivity index (χ2v) is 5.66. The van der Waals surface area contributed by atoms with Gasteiger partial charge in [-0.05, 0) is 46.6 Å². The first-order chi connectivity index (χ1) is 9.61. The number of fused-ring (bicyclic) bond motifs is 1. The number of benzene rings is 2. The SMILES string of the molecule is Clc1nnc(Cl)c(Nc2ccc3cc(Br)ccc3c2)n1. The van der Waals surface area contributed by atoms with Crippen LogP contribution in [0.3, 0.4) is 0 Å². The van der Waals surface area contributed by atoms with Gasteiger partial charge < -0.3 is 5.32 Å². The monoisotopic (exact) mass is 368 g/mol. The van der Waals surface area contributed by atoms with Crippen LogP contribution in [0.15, 0.2) is 40.9 Å². The summed E-state index contributed by atoms with van der Waals surface area (Å²) in [5.74, 6) is 0.378. The fourth-order valence-corrected chi connectivity index (χ4v) is 2.43. The van der Waals surface area contributed by atoms with Crippen LogP contribution in [0.1, 0.15) is 0 Å². The molecule has 0 bridgehead atoms. The Balaban J connectivity index is 1.98. The van der Waals surface area contributed by atoms with Crippen LogP contribution >= 0.6 is 39.1 Å². The first kappa shape index (κ1) is 13.5. The van der Waals surface area contributed by atoms with E-state index in [0.29, 0.717) is 5.82 Å². The Labute approximate surface area is 133 Å². The molecule has 0 saturated carbocycles. The van der Waals surface area contributed by atoms with Crippen molar-refractivity contribution in [2.45, 2.75) is 0 Å². The van der Waals surface area contributed by atoms with Crippen molar-refractivity contribution in [3.8, 4) is 0 Å². The molecule has 0 unspecified atom stereocenters. The fourth-order valence-electron chi connectivity index (χ4n) is 1.80. The number of aromatic nitrogens is 3. The van der Waals surface area contributed by atoms with Crippen molar-refractivity contribution < 1.29 is 0 Å². The van der Waals surface area contributed by atoms with Crippen molar-refractivity contribution in [2.75, 3.05) is 5.32 Å². The van der Waals surface area contributed by atoms with E-state index < -0.39 is 0 Å². The maximum absolute atomic E-state index is 5.92. The predicted molar refractivity (Wildman–Crippen MR) is 84.8 cm³/mol. The van der Waals surface area contributed by atoms with Gasteiger partial charge in [-0.2, -0.15) is 4.98 Å². The summed E-state index contributed by atoms with van der Waals surface area (Å²) in [6.45, 7) is 0. The normalized spacial score (nSPS) is 10.8. The fraction of sp³-hybridized carbons (Fsp3) is 0. The van der Waals surface area contributed by atoms with Gasteiger partial charge in [0.05, 0.1) is 0 Å². The summed E-state index contributed by atoms with van der Waals surface area (Å²) < 4.78 is 1.04. The van der Waals surface area contributed by atoms with Gasteiger partial charge in [-0.1, -0.05) is 39.7 Å². The smallest absolute Gasteiger partial charge is 0.245 e. The van der Waals surface area contributed by atoms with Crippen LogP contribution in [0.5, 0.6) is 0 Å². The average molecular weight is 370 g/mol. The van der Waals surface area contributed by atoms with E-state index in [-0.39, 0.29) is 10.4 Å². The number of hydrogen-bond donors (Lipinski definition) is 1. The molecular weight excluding hydrogens is 363 g/mol. The molecular formula is C13H7BrCl2N4. The molecule has 0 aliphatic heterocycles. The van der Waals surface area contributed by atoms with Crippen LogP contribution in [0.4, 0.5) is 11.5 Å². The largest absolute Gasteiger partial charge is 0.337 e. The number of halogens is 3.